The van der Waals surface area contributed by atoms with Crippen molar-refractivity contribution in [2.75, 3.05) is 0 Å². The van der Waals surface area contributed by atoms with Gasteiger partial charge < -0.3 is 0 Å². The van der Waals surface area contributed by atoms with Crippen LogP contribution in [0, 0.1) is 0 Å². The van der Waals surface area contributed by atoms with E-state index in [2.05, 4.69) is 12.1 Å². The van der Waals surface area contributed by atoms with Crippen LogP contribution < -0.4 is 0 Å². The molecule has 0 unspecified atom stereocenters. The molecule has 0 atom stereocenters. The van der Waals surface area contributed by atoms with Gasteiger partial charge in [-0.1, -0.05) is 67.8 Å². The highest BCUT2D eigenvalue weighted by atomic mass is 32.1. The number of ketones is 4. The van der Waals surface area contributed by atoms with Gasteiger partial charge in [-0.3, -0.25) is 19.2 Å². The van der Waals surface area contributed by atoms with Gasteiger partial charge >= 0.3 is 0 Å². The number of hydrogen-bond donors (Lipinski definition) is 0. The summed E-state index contributed by atoms with van der Waals surface area (Å²) in [7, 11) is 0. The summed E-state index contributed by atoms with van der Waals surface area (Å²) in [5, 5.41) is 3.82. The smallest absolute Gasteiger partial charge is 0.197 e. The van der Waals surface area contributed by atoms with E-state index in [0.29, 0.717) is 22.3 Å². The molecule has 4 nitrogen and oxygen atoms in total. The lowest BCUT2D eigenvalue weighted by molar-refractivity contribution is 0.0975. The summed E-state index contributed by atoms with van der Waals surface area (Å²) in [5.41, 5.74) is 5.02. The van der Waals surface area contributed by atoms with E-state index in [4.69, 9.17) is 0 Å². The zero-order valence-corrected chi connectivity index (χ0v) is 29.6. The first-order chi connectivity index (χ1) is 24.9. The van der Waals surface area contributed by atoms with Crippen LogP contribution >= 0.6 is 34.0 Å². The monoisotopic (exact) mass is 714 g/mol. The maximum absolute atomic E-state index is 13.6. The fourth-order valence-corrected chi connectivity index (χ4v) is 13.1. The molecule has 1 saturated carbocycles. The first-order valence-electron chi connectivity index (χ1n) is 17.3. The minimum atomic E-state index is -0.203. The standard InChI is InChI=1S/C44H26O4S3/c45-37-28-14-22-8-2-3-9-23(22)15-29(28)38(46)32(37)18-26-20-34-41(49-26)43-36(44(34)12-6-1-7-13-44)42-35(51-43)21-27(50-42)19-33-39(47)30-16-24-10-4-5-11-25(24)17-31(30)40(33)48/h2-5,8-11,14-21H,1,6-7,12-13H2. The molecule has 7 heteroatoms. The van der Waals surface area contributed by atoms with E-state index < -0.39 is 0 Å². The largest absolute Gasteiger partial charge is 0.288 e. The number of benzene rings is 4. The average Bonchev–Trinajstić information content (AvgIpc) is 3.96. The Labute approximate surface area is 304 Å². The fourth-order valence-electron chi connectivity index (χ4n) is 8.95. The van der Waals surface area contributed by atoms with Crippen LogP contribution in [0.15, 0.2) is 96.1 Å². The second-order valence-corrected chi connectivity index (χ2v) is 17.3. The molecule has 51 heavy (non-hydrogen) atoms. The van der Waals surface area contributed by atoms with Crippen LogP contribution in [0.5, 0.6) is 0 Å². The molecule has 0 bridgehead atoms. The Morgan fingerprint density at radius 1 is 0.510 bits per heavy atom. The molecule has 3 heterocycles. The van der Waals surface area contributed by atoms with Gasteiger partial charge in [0.25, 0.3) is 0 Å². The number of carbonyl (C=O) groups is 4. The highest BCUT2D eigenvalue weighted by Crippen LogP contribution is 2.64. The first-order valence-corrected chi connectivity index (χ1v) is 19.7. The number of Topliss-reactive ketones (excluding diaryl/α,β-unsaturated/α-hetero) is 4. The average molecular weight is 715 g/mol. The van der Waals surface area contributed by atoms with Crippen molar-refractivity contribution in [2.45, 2.75) is 37.5 Å². The molecule has 0 amide bonds. The normalized spacial score (nSPS) is 17.3. The van der Waals surface area contributed by atoms with Crippen molar-refractivity contribution in [2.24, 2.45) is 0 Å². The van der Waals surface area contributed by atoms with Crippen molar-refractivity contribution in [1.82, 2.24) is 0 Å². The number of rotatable bonds is 2. The predicted molar refractivity (Wildman–Crippen MR) is 208 cm³/mol. The molecule has 0 aliphatic heterocycles. The molecule has 0 N–H and O–H groups in total. The lowest BCUT2D eigenvalue weighted by Gasteiger charge is -2.35. The molecule has 0 saturated heterocycles. The van der Waals surface area contributed by atoms with Crippen molar-refractivity contribution in [3.05, 3.63) is 139 Å². The molecule has 4 aliphatic rings. The Hall–Kier alpha value is -5.08. The van der Waals surface area contributed by atoms with Gasteiger partial charge in [0.1, 0.15) is 0 Å². The van der Waals surface area contributed by atoms with E-state index in [1.165, 1.54) is 36.7 Å². The maximum atomic E-state index is 13.6. The SMILES string of the molecule is O=C1C(=Cc2cc3c(s2)-c2sc4cc(C=C5C(=O)c6cc7ccccc7cc6C5=O)sc4c2C32CCCCC2)C(=O)c2cc3ccccc3cc21. The Morgan fingerprint density at radius 2 is 0.980 bits per heavy atom. The first kappa shape index (κ1) is 29.6. The molecule has 4 aromatic carbocycles. The van der Waals surface area contributed by atoms with E-state index >= 15 is 0 Å². The van der Waals surface area contributed by atoms with Crippen molar-refractivity contribution in [3.63, 3.8) is 0 Å². The summed E-state index contributed by atoms with van der Waals surface area (Å²) in [6.45, 7) is 0. The Kier molecular flexibility index (Phi) is 6.09. The van der Waals surface area contributed by atoms with Gasteiger partial charge in [0.2, 0.25) is 0 Å². The molecule has 1 spiro atoms. The second-order valence-electron chi connectivity index (χ2n) is 14.1. The molecule has 7 aromatic rings. The van der Waals surface area contributed by atoms with Gasteiger partial charge in [-0.05, 0) is 88.5 Å². The topological polar surface area (TPSA) is 68.3 Å². The van der Waals surface area contributed by atoms with Crippen LogP contribution in [0.3, 0.4) is 0 Å². The zero-order chi connectivity index (χ0) is 34.2. The maximum Gasteiger partial charge on any atom is 0.197 e. The third-order valence-electron chi connectivity index (χ3n) is 11.3. The number of allylic oxidation sites excluding steroid dienone is 2. The molecule has 4 aliphatic carbocycles. The quantitative estimate of drug-likeness (QED) is 0.132. The lowest BCUT2D eigenvalue weighted by Crippen LogP contribution is -2.27. The minimum Gasteiger partial charge on any atom is -0.288 e. The predicted octanol–water partition coefficient (Wildman–Crippen LogP) is 11.5. The molecule has 0 radical (unpaired) electrons. The van der Waals surface area contributed by atoms with Crippen molar-refractivity contribution in [1.29, 1.82) is 0 Å². The summed E-state index contributed by atoms with van der Waals surface area (Å²) in [4.78, 5) is 58.7. The summed E-state index contributed by atoms with van der Waals surface area (Å²) in [5.74, 6) is -0.802. The van der Waals surface area contributed by atoms with Gasteiger partial charge in [-0.15, -0.1) is 34.0 Å². The van der Waals surface area contributed by atoms with E-state index in [0.717, 1.165) is 57.0 Å². The minimum absolute atomic E-state index is 0.122. The summed E-state index contributed by atoms with van der Waals surface area (Å²) >= 11 is 5.14. The number of hydrogen-bond acceptors (Lipinski definition) is 7. The molecule has 244 valence electrons. The molecule has 1 fully saturated rings. The molecular weight excluding hydrogens is 689 g/mol. The van der Waals surface area contributed by atoms with Gasteiger partial charge in [-0.25, -0.2) is 0 Å². The summed E-state index contributed by atoms with van der Waals surface area (Å²) in [6.07, 6.45) is 9.22. The summed E-state index contributed by atoms with van der Waals surface area (Å²) in [6, 6.07) is 27.4. The van der Waals surface area contributed by atoms with Gasteiger partial charge in [0.15, 0.2) is 23.1 Å². The number of fused-ring (bicyclic) bond motifs is 11. The highest BCUT2D eigenvalue weighted by molar-refractivity contribution is 7.32. The van der Waals surface area contributed by atoms with Crippen LogP contribution in [0.2, 0.25) is 0 Å². The number of carbonyl (C=O) groups excluding carboxylic acids is 4. The van der Waals surface area contributed by atoms with Crippen molar-refractivity contribution >= 4 is 100 Å². The Bertz CT molecular complexity index is 2750. The second kappa shape index (κ2) is 10.5. The van der Waals surface area contributed by atoms with Crippen LogP contribution in [-0.2, 0) is 5.41 Å². The van der Waals surface area contributed by atoms with Crippen molar-refractivity contribution in [3.8, 4) is 9.75 Å². The van der Waals surface area contributed by atoms with Crippen molar-refractivity contribution < 1.29 is 19.2 Å². The van der Waals surface area contributed by atoms with Gasteiger partial charge in [0.05, 0.1) is 20.7 Å². The third kappa shape index (κ3) is 4.05. The van der Waals surface area contributed by atoms with Gasteiger partial charge in [-0.2, -0.15) is 0 Å². The van der Waals surface area contributed by atoms with Crippen LogP contribution in [0.25, 0.3) is 52.9 Å². The van der Waals surface area contributed by atoms with E-state index in [1.807, 2.05) is 78.9 Å². The third-order valence-corrected chi connectivity index (χ3v) is 15.0. The Morgan fingerprint density at radius 3 is 1.47 bits per heavy atom. The fraction of sp³-hybridized carbons (Fsp3) is 0.136. The van der Waals surface area contributed by atoms with E-state index in [9.17, 15) is 19.2 Å². The highest BCUT2D eigenvalue weighted by Gasteiger charge is 2.48. The molecule has 3 aromatic heterocycles. The van der Waals surface area contributed by atoms with Gasteiger partial charge in [0, 0.05) is 52.6 Å². The Balaban J connectivity index is 0.987. The van der Waals surface area contributed by atoms with E-state index in [-0.39, 0.29) is 39.7 Å². The van der Waals surface area contributed by atoms with Crippen LogP contribution in [-0.4, -0.2) is 23.1 Å². The zero-order valence-electron chi connectivity index (χ0n) is 27.1. The van der Waals surface area contributed by atoms with Crippen LogP contribution in [0.4, 0.5) is 0 Å². The lowest BCUT2D eigenvalue weighted by atomic mass is 9.68. The molecule has 11 rings (SSSR count). The summed E-state index contributed by atoms with van der Waals surface area (Å²) < 4.78 is 2.42. The number of thiophene rings is 3. The van der Waals surface area contributed by atoms with Crippen LogP contribution in [0.1, 0.15) is 94.4 Å². The molecular formula is C44H26O4S3. The van der Waals surface area contributed by atoms with E-state index in [1.54, 1.807) is 40.1 Å².